The third-order valence-electron chi connectivity index (χ3n) is 3.70. The highest BCUT2D eigenvalue weighted by Crippen LogP contribution is 2.48. The lowest BCUT2D eigenvalue weighted by molar-refractivity contribution is 0.175. The van der Waals surface area contributed by atoms with E-state index in [9.17, 15) is 0 Å². The van der Waals surface area contributed by atoms with Crippen LogP contribution in [0.3, 0.4) is 0 Å². The van der Waals surface area contributed by atoms with Gasteiger partial charge in [0, 0.05) is 32.5 Å². The Morgan fingerprint density at radius 2 is 2.33 bits per heavy atom. The zero-order chi connectivity index (χ0) is 12.4. The van der Waals surface area contributed by atoms with Gasteiger partial charge in [0.05, 0.1) is 6.20 Å². The van der Waals surface area contributed by atoms with Crippen LogP contribution < -0.4 is 5.32 Å². The first kappa shape index (κ1) is 11.5. The van der Waals surface area contributed by atoms with Gasteiger partial charge in [-0.25, -0.2) is 9.50 Å². The van der Waals surface area contributed by atoms with Crippen LogP contribution in [0.1, 0.15) is 19.3 Å². The van der Waals surface area contributed by atoms with Gasteiger partial charge >= 0.3 is 0 Å². The quantitative estimate of drug-likeness (QED) is 0.846. The number of hydrogen-bond donors (Lipinski definition) is 1. The molecule has 1 saturated carbocycles. The van der Waals surface area contributed by atoms with Crippen molar-refractivity contribution in [3.05, 3.63) is 24.5 Å². The summed E-state index contributed by atoms with van der Waals surface area (Å²) >= 11 is 0. The smallest absolute Gasteiger partial charge is 0.157 e. The van der Waals surface area contributed by atoms with Crippen LogP contribution >= 0.6 is 0 Å². The van der Waals surface area contributed by atoms with Gasteiger partial charge in [0.25, 0.3) is 0 Å². The van der Waals surface area contributed by atoms with Crippen molar-refractivity contribution in [3.8, 4) is 0 Å². The molecule has 5 nitrogen and oxygen atoms in total. The Morgan fingerprint density at radius 3 is 3.11 bits per heavy atom. The molecule has 0 radical (unpaired) electrons. The van der Waals surface area contributed by atoms with Crippen LogP contribution in [0.5, 0.6) is 0 Å². The lowest BCUT2D eigenvalue weighted by atomic mass is 10.0. The average Bonchev–Trinajstić information content (AvgIpc) is 3.02. The molecule has 96 valence electrons. The largest absolute Gasteiger partial charge is 0.385 e. The first-order chi connectivity index (χ1) is 8.81. The zero-order valence-electron chi connectivity index (χ0n) is 10.6. The van der Waals surface area contributed by atoms with Crippen LogP contribution in [0.25, 0.3) is 5.65 Å². The third kappa shape index (κ3) is 2.31. The van der Waals surface area contributed by atoms with Crippen molar-refractivity contribution in [3.63, 3.8) is 0 Å². The van der Waals surface area contributed by atoms with Gasteiger partial charge in [-0.3, -0.25) is 0 Å². The van der Waals surface area contributed by atoms with E-state index in [4.69, 9.17) is 4.74 Å². The lowest BCUT2D eigenvalue weighted by Crippen LogP contribution is -2.18. The van der Waals surface area contributed by atoms with Gasteiger partial charge in [0.1, 0.15) is 5.82 Å². The number of nitrogens with zero attached hydrogens (tertiary/aromatic N) is 3. The van der Waals surface area contributed by atoms with Gasteiger partial charge in [0.15, 0.2) is 5.65 Å². The summed E-state index contributed by atoms with van der Waals surface area (Å²) in [4.78, 5) is 4.50. The first-order valence-electron chi connectivity index (χ1n) is 6.35. The molecule has 0 atom stereocenters. The van der Waals surface area contributed by atoms with Crippen LogP contribution in [0.15, 0.2) is 24.5 Å². The van der Waals surface area contributed by atoms with Gasteiger partial charge in [-0.2, -0.15) is 5.10 Å². The van der Waals surface area contributed by atoms with Crippen molar-refractivity contribution in [2.75, 3.05) is 25.6 Å². The van der Waals surface area contributed by atoms with E-state index in [-0.39, 0.29) is 0 Å². The molecule has 5 heteroatoms. The maximum atomic E-state index is 5.16. The van der Waals surface area contributed by atoms with Crippen molar-refractivity contribution in [1.82, 2.24) is 14.6 Å². The average molecular weight is 246 g/mol. The number of ether oxygens (including phenoxy) is 1. The summed E-state index contributed by atoms with van der Waals surface area (Å²) in [5.74, 6) is 0.923. The molecular weight excluding hydrogens is 228 g/mol. The Bertz CT molecular complexity index is 533. The molecule has 2 aromatic rings. The fourth-order valence-electron chi connectivity index (χ4n) is 2.20. The number of anilines is 1. The van der Waals surface area contributed by atoms with Gasteiger partial charge in [0.2, 0.25) is 0 Å². The highest BCUT2D eigenvalue weighted by Gasteiger charge is 2.41. The van der Waals surface area contributed by atoms with E-state index in [0.29, 0.717) is 5.41 Å². The Labute approximate surface area is 106 Å². The molecular formula is C13H18N4O. The monoisotopic (exact) mass is 246 g/mol. The SMILES string of the molecule is COCCC1(CNc2ccn3nccc3n2)CC1. The predicted molar refractivity (Wildman–Crippen MR) is 69.6 cm³/mol. The molecule has 2 heterocycles. The van der Waals surface area contributed by atoms with Crippen molar-refractivity contribution >= 4 is 11.5 Å². The minimum absolute atomic E-state index is 0.435. The number of nitrogens with one attached hydrogen (secondary N) is 1. The van der Waals surface area contributed by atoms with Crippen molar-refractivity contribution in [2.24, 2.45) is 5.41 Å². The Hall–Kier alpha value is -1.62. The normalized spacial score (nSPS) is 16.9. The zero-order valence-corrected chi connectivity index (χ0v) is 10.6. The van der Waals surface area contributed by atoms with E-state index >= 15 is 0 Å². The number of aromatic nitrogens is 3. The third-order valence-corrected chi connectivity index (χ3v) is 3.70. The molecule has 3 rings (SSSR count). The summed E-state index contributed by atoms with van der Waals surface area (Å²) in [6.45, 7) is 1.82. The molecule has 1 aliphatic rings. The molecule has 0 unspecified atom stereocenters. The van der Waals surface area contributed by atoms with E-state index in [1.54, 1.807) is 17.8 Å². The van der Waals surface area contributed by atoms with E-state index in [1.165, 1.54) is 12.8 Å². The van der Waals surface area contributed by atoms with Gasteiger partial charge in [-0.05, 0) is 30.7 Å². The molecule has 0 aliphatic heterocycles. The van der Waals surface area contributed by atoms with E-state index < -0.39 is 0 Å². The molecule has 1 fully saturated rings. The van der Waals surface area contributed by atoms with Crippen LogP contribution in [0, 0.1) is 5.41 Å². The molecule has 0 spiro atoms. The Morgan fingerprint density at radius 1 is 1.44 bits per heavy atom. The van der Waals surface area contributed by atoms with Crippen molar-refractivity contribution in [2.45, 2.75) is 19.3 Å². The summed E-state index contributed by atoms with van der Waals surface area (Å²) in [5.41, 5.74) is 1.31. The van der Waals surface area contributed by atoms with Gasteiger partial charge in [-0.15, -0.1) is 0 Å². The number of rotatable bonds is 6. The summed E-state index contributed by atoms with van der Waals surface area (Å²) in [7, 11) is 1.76. The number of methoxy groups -OCH3 is 1. The fourth-order valence-corrected chi connectivity index (χ4v) is 2.20. The minimum Gasteiger partial charge on any atom is -0.385 e. The molecule has 0 saturated heterocycles. The maximum absolute atomic E-state index is 5.16. The van der Waals surface area contributed by atoms with Crippen molar-refractivity contribution in [1.29, 1.82) is 0 Å². The lowest BCUT2D eigenvalue weighted by Gasteiger charge is -2.15. The molecule has 0 amide bonds. The molecule has 0 bridgehead atoms. The highest BCUT2D eigenvalue weighted by molar-refractivity contribution is 5.45. The second-order valence-corrected chi connectivity index (χ2v) is 5.04. The fraction of sp³-hybridized carbons (Fsp3) is 0.538. The van der Waals surface area contributed by atoms with E-state index in [0.717, 1.165) is 31.0 Å². The standard InChI is InChI=1S/C13H18N4O/c1-18-9-6-13(4-5-13)10-14-11-3-8-17-12(16-11)2-7-15-17/h2-3,7-8H,4-6,9-10H2,1H3,(H,14,16). The molecule has 1 N–H and O–H groups in total. The topological polar surface area (TPSA) is 51.5 Å². The summed E-state index contributed by atoms with van der Waals surface area (Å²) in [5, 5.41) is 7.56. The molecule has 2 aromatic heterocycles. The van der Waals surface area contributed by atoms with Crippen LogP contribution in [-0.2, 0) is 4.74 Å². The molecule has 18 heavy (non-hydrogen) atoms. The van der Waals surface area contributed by atoms with E-state index in [1.807, 2.05) is 18.3 Å². The number of hydrogen-bond acceptors (Lipinski definition) is 4. The van der Waals surface area contributed by atoms with Crippen LogP contribution in [0.4, 0.5) is 5.82 Å². The molecule has 0 aromatic carbocycles. The summed E-state index contributed by atoms with van der Waals surface area (Å²) < 4.78 is 6.93. The number of fused-ring (bicyclic) bond motifs is 1. The maximum Gasteiger partial charge on any atom is 0.157 e. The first-order valence-corrected chi connectivity index (χ1v) is 6.35. The Kier molecular flexibility index (Phi) is 2.91. The van der Waals surface area contributed by atoms with E-state index in [2.05, 4.69) is 15.4 Å². The summed E-state index contributed by atoms with van der Waals surface area (Å²) in [6, 6.07) is 3.87. The van der Waals surface area contributed by atoms with Crippen LogP contribution in [-0.4, -0.2) is 34.9 Å². The summed E-state index contributed by atoms with van der Waals surface area (Å²) in [6.07, 6.45) is 7.40. The highest BCUT2D eigenvalue weighted by atomic mass is 16.5. The second kappa shape index (κ2) is 4.57. The molecule has 1 aliphatic carbocycles. The second-order valence-electron chi connectivity index (χ2n) is 5.04. The van der Waals surface area contributed by atoms with Gasteiger partial charge in [-0.1, -0.05) is 0 Å². The predicted octanol–water partition coefficient (Wildman–Crippen LogP) is 1.96. The minimum atomic E-state index is 0.435. The van der Waals surface area contributed by atoms with Gasteiger partial charge < -0.3 is 10.1 Å². The Balaban J connectivity index is 1.62. The van der Waals surface area contributed by atoms with Crippen LogP contribution in [0.2, 0.25) is 0 Å². The van der Waals surface area contributed by atoms with Crippen molar-refractivity contribution < 1.29 is 4.74 Å².